The van der Waals surface area contributed by atoms with Crippen molar-refractivity contribution in [2.75, 3.05) is 12.3 Å². The van der Waals surface area contributed by atoms with Gasteiger partial charge in [-0.05, 0) is 44.9 Å². The second kappa shape index (κ2) is 5.92. The molecule has 2 rings (SSSR count). The zero-order valence-electron chi connectivity index (χ0n) is 12.8. The maximum absolute atomic E-state index is 13.8. The molecular formula is C16H23FN2O2. The molecule has 1 amide bonds. The molecule has 2 N–H and O–H groups in total. The Morgan fingerprint density at radius 3 is 2.76 bits per heavy atom. The zero-order chi connectivity index (χ0) is 15.6. The number of carbonyl (C=O) groups is 1. The van der Waals surface area contributed by atoms with Crippen molar-refractivity contribution >= 4 is 11.8 Å². The summed E-state index contributed by atoms with van der Waals surface area (Å²) in [5.41, 5.74) is 6.69. The highest BCUT2D eigenvalue weighted by Gasteiger charge is 2.35. The Morgan fingerprint density at radius 2 is 2.14 bits per heavy atom. The van der Waals surface area contributed by atoms with E-state index < -0.39 is 17.9 Å². The van der Waals surface area contributed by atoms with Crippen molar-refractivity contribution in [3.8, 4) is 0 Å². The molecule has 1 heterocycles. The van der Waals surface area contributed by atoms with Crippen LogP contribution in [0.25, 0.3) is 0 Å². The van der Waals surface area contributed by atoms with Gasteiger partial charge in [0.25, 0.3) is 0 Å². The molecule has 4 nitrogen and oxygen atoms in total. The van der Waals surface area contributed by atoms with Crippen LogP contribution in [0, 0.1) is 0 Å². The lowest BCUT2D eigenvalue weighted by Gasteiger charge is -2.38. The van der Waals surface area contributed by atoms with Crippen molar-refractivity contribution < 1.29 is 13.9 Å². The summed E-state index contributed by atoms with van der Waals surface area (Å²) in [6.07, 6.45) is -0.683. The summed E-state index contributed by atoms with van der Waals surface area (Å²) in [6, 6.07) is 6.93. The van der Waals surface area contributed by atoms with Crippen molar-refractivity contribution in [1.29, 1.82) is 0 Å². The fourth-order valence-corrected chi connectivity index (χ4v) is 2.54. The van der Waals surface area contributed by atoms with Crippen molar-refractivity contribution in [3.63, 3.8) is 0 Å². The molecule has 116 valence electrons. The second-order valence-electron chi connectivity index (χ2n) is 6.48. The third-order valence-corrected chi connectivity index (χ3v) is 3.46. The van der Waals surface area contributed by atoms with Crippen LogP contribution in [0.2, 0.25) is 0 Å². The van der Waals surface area contributed by atoms with E-state index in [4.69, 9.17) is 10.5 Å². The van der Waals surface area contributed by atoms with Gasteiger partial charge in [0.1, 0.15) is 11.8 Å². The highest BCUT2D eigenvalue weighted by Crippen LogP contribution is 2.34. The van der Waals surface area contributed by atoms with Gasteiger partial charge >= 0.3 is 6.09 Å². The summed E-state index contributed by atoms with van der Waals surface area (Å²) >= 11 is 0. The number of ether oxygens (including phenoxy) is 1. The van der Waals surface area contributed by atoms with E-state index in [0.29, 0.717) is 18.7 Å². The number of halogens is 1. The number of rotatable bonds is 1. The van der Waals surface area contributed by atoms with Crippen LogP contribution in [0.1, 0.15) is 45.2 Å². The summed E-state index contributed by atoms with van der Waals surface area (Å²) < 4.78 is 19.2. The van der Waals surface area contributed by atoms with Crippen molar-refractivity contribution in [1.82, 2.24) is 4.90 Å². The van der Waals surface area contributed by atoms with E-state index in [1.54, 1.807) is 17.0 Å². The lowest BCUT2D eigenvalue weighted by molar-refractivity contribution is 0.00166. The molecule has 0 radical (unpaired) electrons. The lowest BCUT2D eigenvalue weighted by Crippen LogP contribution is -2.44. The third kappa shape index (κ3) is 4.09. The highest BCUT2D eigenvalue weighted by molar-refractivity contribution is 5.69. The number of likely N-dealkylation sites (tertiary alicyclic amines) is 1. The van der Waals surface area contributed by atoms with Crippen molar-refractivity contribution in [2.45, 2.75) is 51.4 Å². The van der Waals surface area contributed by atoms with Gasteiger partial charge in [-0.15, -0.1) is 0 Å². The van der Waals surface area contributed by atoms with E-state index in [0.717, 1.165) is 5.56 Å². The Kier molecular flexibility index (Phi) is 4.40. The van der Waals surface area contributed by atoms with Gasteiger partial charge in [-0.1, -0.05) is 12.1 Å². The molecule has 0 aliphatic carbocycles. The normalized spacial score (nSPS) is 23.0. The second-order valence-corrected chi connectivity index (χ2v) is 6.48. The van der Waals surface area contributed by atoms with Crippen LogP contribution in [0.5, 0.6) is 0 Å². The minimum atomic E-state index is -0.907. The van der Waals surface area contributed by atoms with Gasteiger partial charge in [0.2, 0.25) is 0 Å². The number of piperidine rings is 1. The van der Waals surface area contributed by atoms with Crippen LogP contribution < -0.4 is 5.73 Å². The molecule has 0 spiro atoms. The molecule has 0 saturated carbocycles. The van der Waals surface area contributed by atoms with Crippen molar-refractivity contribution in [2.24, 2.45) is 0 Å². The van der Waals surface area contributed by atoms with Gasteiger partial charge in [0.05, 0.1) is 6.04 Å². The molecular weight excluding hydrogens is 271 g/mol. The number of anilines is 1. The Labute approximate surface area is 125 Å². The predicted octanol–water partition coefficient (Wildman–Crippen LogP) is 3.68. The van der Waals surface area contributed by atoms with E-state index in [1.807, 2.05) is 32.9 Å². The number of nitrogen functional groups attached to an aromatic ring is 1. The van der Waals surface area contributed by atoms with E-state index >= 15 is 0 Å². The smallest absolute Gasteiger partial charge is 0.410 e. The topological polar surface area (TPSA) is 55.6 Å². The Bertz CT molecular complexity index is 513. The zero-order valence-corrected chi connectivity index (χ0v) is 12.8. The molecule has 1 aliphatic heterocycles. The van der Waals surface area contributed by atoms with Gasteiger partial charge < -0.3 is 15.4 Å². The largest absolute Gasteiger partial charge is 0.444 e. The van der Waals surface area contributed by atoms with Gasteiger partial charge in [-0.3, -0.25) is 0 Å². The highest BCUT2D eigenvalue weighted by atomic mass is 19.1. The van der Waals surface area contributed by atoms with Crippen LogP contribution in [-0.4, -0.2) is 29.3 Å². The molecule has 1 aliphatic rings. The summed E-state index contributed by atoms with van der Waals surface area (Å²) in [5, 5.41) is 0. The van der Waals surface area contributed by atoms with Gasteiger partial charge in [0, 0.05) is 18.7 Å². The summed E-state index contributed by atoms with van der Waals surface area (Å²) in [5.74, 6) is 0. The van der Waals surface area contributed by atoms with E-state index in [9.17, 15) is 9.18 Å². The molecule has 1 saturated heterocycles. The van der Waals surface area contributed by atoms with Crippen LogP contribution >= 0.6 is 0 Å². The number of hydrogen-bond acceptors (Lipinski definition) is 3. The first-order chi connectivity index (χ1) is 9.76. The van der Waals surface area contributed by atoms with Crippen LogP contribution in [0.4, 0.5) is 14.9 Å². The minimum Gasteiger partial charge on any atom is -0.444 e. The molecule has 1 aromatic carbocycles. The number of alkyl halides is 1. The Morgan fingerprint density at radius 1 is 1.43 bits per heavy atom. The molecule has 1 fully saturated rings. The fraction of sp³-hybridized carbons (Fsp3) is 0.562. The maximum atomic E-state index is 13.8. The molecule has 2 atom stereocenters. The first kappa shape index (κ1) is 15.6. The van der Waals surface area contributed by atoms with Crippen LogP contribution in [-0.2, 0) is 4.74 Å². The number of amides is 1. The van der Waals surface area contributed by atoms with Crippen molar-refractivity contribution in [3.05, 3.63) is 29.8 Å². The monoisotopic (exact) mass is 294 g/mol. The molecule has 2 unspecified atom stereocenters. The number of nitrogens with two attached hydrogens (primary N) is 1. The number of carbonyl (C=O) groups excluding carboxylic acids is 1. The van der Waals surface area contributed by atoms with Gasteiger partial charge in [-0.2, -0.15) is 0 Å². The summed E-state index contributed by atoms with van der Waals surface area (Å²) in [7, 11) is 0. The van der Waals surface area contributed by atoms with Crippen LogP contribution in [0.3, 0.4) is 0 Å². The molecule has 1 aromatic rings. The Balaban J connectivity index is 2.23. The van der Waals surface area contributed by atoms with Gasteiger partial charge in [0.15, 0.2) is 0 Å². The predicted molar refractivity (Wildman–Crippen MR) is 80.7 cm³/mol. The lowest BCUT2D eigenvalue weighted by atomic mass is 9.94. The van der Waals surface area contributed by atoms with Crippen LogP contribution in [0.15, 0.2) is 24.3 Å². The molecule has 21 heavy (non-hydrogen) atoms. The first-order valence-corrected chi connectivity index (χ1v) is 7.25. The number of nitrogens with zero attached hydrogens (tertiary/aromatic N) is 1. The maximum Gasteiger partial charge on any atom is 0.410 e. The number of benzene rings is 1. The quantitative estimate of drug-likeness (QED) is 0.804. The average Bonchev–Trinajstić information content (AvgIpc) is 2.36. The minimum absolute atomic E-state index is 0.280. The standard InChI is InChI=1S/C16H23FN2O2/c1-16(2,3)21-15(20)19-8-7-12(17)10-14(19)11-5-4-6-13(18)9-11/h4-6,9,12,14H,7-8,10,18H2,1-3H3. The summed E-state index contributed by atoms with van der Waals surface area (Å²) in [4.78, 5) is 13.9. The SMILES string of the molecule is CC(C)(C)OC(=O)N1CCC(F)CC1c1cccc(N)c1. The Hall–Kier alpha value is -1.78. The van der Waals surface area contributed by atoms with E-state index in [2.05, 4.69) is 0 Å². The van der Waals surface area contributed by atoms with Gasteiger partial charge in [-0.25, -0.2) is 9.18 Å². The molecule has 0 aromatic heterocycles. The van der Waals surface area contributed by atoms with E-state index in [1.165, 1.54) is 0 Å². The fourth-order valence-electron chi connectivity index (χ4n) is 2.54. The average molecular weight is 294 g/mol. The van der Waals surface area contributed by atoms with E-state index in [-0.39, 0.29) is 12.5 Å². The number of hydrogen-bond donors (Lipinski definition) is 1. The first-order valence-electron chi connectivity index (χ1n) is 7.25. The summed E-state index contributed by atoms with van der Waals surface area (Å²) in [6.45, 7) is 5.82. The molecule has 5 heteroatoms. The third-order valence-electron chi connectivity index (χ3n) is 3.46. The molecule has 0 bridgehead atoms.